The molecule has 0 aliphatic rings. The number of aromatic nitrogens is 2. The van der Waals surface area contributed by atoms with Crippen molar-refractivity contribution < 1.29 is 0 Å². The first-order valence-corrected chi connectivity index (χ1v) is 4.52. The summed E-state index contributed by atoms with van der Waals surface area (Å²) in [6, 6.07) is 7.27. The maximum Gasteiger partial charge on any atom is 0.110 e. The second kappa shape index (κ2) is 3.46. The number of aryl methyl sites for hydroxylation is 1. The van der Waals surface area contributed by atoms with Gasteiger partial charge in [-0.25, -0.2) is 4.98 Å². The maximum atomic E-state index is 8.71. The zero-order valence-corrected chi connectivity index (χ0v) is 8.31. The smallest absolute Gasteiger partial charge is 0.110 e. The summed E-state index contributed by atoms with van der Waals surface area (Å²) in [5, 5.41) is 8.71. The van der Waals surface area contributed by atoms with E-state index in [1.807, 2.05) is 23.8 Å². The van der Waals surface area contributed by atoms with Crippen LogP contribution in [0.5, 0.6) is 0 Å². The maximum absolute atomic E-state index is 8.71. The molecule has 15 heavy (non-hydrogen) atoms. The highest BCUT2D eigenvalue weighted by Gasteiger charge is 2.04. The van der Waals surface area contributed by atoms with Gasteiger partial charge in [0.1, 0.15) is 5.82 Å². The van der Waals surface area contributed by atoms with Crippen LogP contribution in [0, 0.1) is 18.3 Å². The highest BCUT2D eigenvalue weighted by Crippen LogP contribution is 2.19. The first-order valence-electron chi connectivity index (χ1n) is 4.52. The molecule has 2 aromatic rings. The number of anilines is 1. The molecule has 2 rings (SSSR count). The Hall–Kier alpha value is -2.28. The molecule has 0 radical (unpaired) electrons. The number of nitrogens with two attached hydrogens (primary N) is 1. The molecule has 0 spiro atoms. The summed E-state index contributed by atoms with van der Waals surface area (Å²) in [4.78, 5) is 4.12. The van der Waals surface area contributed by atoms with Crippen LogP contribution in [0.3, 0.4) is 0 Å². The van der Waals surface area contributed by atoms with Crippen molar-refractivity contribution in [2.24, 2.45) is 0 Å². The van der Waals surface area contributed by atoms with Gasteiger partial charge in [-0.05, 0) is 25.1 Å². The predicted molar refractivity (Wildman–Crippen MR) is 57.4 cm³/mol. The Morgan fingerprint density at radius 3 is 2.80 bits per heavy atom. The number of nitriles is 1. The third-order valence-corrected chi connectivity index (χ3v) is 2.24. The average molecular weight is 198 g/mol. The number of nitrogen functional groups attached to an aromatic ring is 1. The van der Waals surface area contributed by atoms with E-state index in [9.17, 15) is 0 Å². The largest absolute Gasteiger partial charge is 0.397 e. The van der Waals surface area contributed by atoms with Crippen LogP contribution in [0.2, 0.25) is 0 Å². The number of imidazole rings is 1. The van der Waals surface area contributed by atoms with Crippen LogP contribution in [-0.2, 0) is 0 Å². The van der Waals surface area contributed by atoms with Crippen LogP contribution in [-0.4, -0.2) is 9.55 Å². The SMILES string of the molecule is Cc1nccn1-c1ccc(C#N)cc1N. The van der Waals surface area contributed by atoms with E-state index in [-0.39, 0.29) is 0 Å². The van der Waals surface area contributed by atoms with Crippen LogP contribution >= 0.6 is 0 Å². The van der Waals surface area contributed by atoms with Crippen molar-refractivity contribution in [1.29, 1.82) is 5.26 Å². The third kappa shape index (κ3) is 1.55. The molecule has 1 aromatic carbocycles. The lowest BCUT2D eigenvalue weighted by Crippen LogP contribution is -2.00. The van der Waals surface area contributed by atoms with E-state index in [1.165, 1.54) is 0 Å². The summed E-state index contributed by atoms with van der Waals surface area (Å²) in [6.45, 7) is 1.90. The molecule has 4 heteroatoms. The molecule has 0 amide bonds. The van der Waals surface area contributed by atoms with Gasteiger partial charge in [0, 0.05) is 12.4 Å². The van der Waals surface area contributed by atoms with Gasteiger partial charge in [0.25, 0.3) is 0 Å². The van der Waals surface area contributed by atoms with Crippen LogP contribution < -0.4 is 5.73 Å². The standard InChI is InChI=1S/C11H10N4/c1-8-14-4-5-15(8)11-3-2-9(7-12)6-10(11)13/h2-6H,13H2,1H3. The van der Waals surface area contributed by atoms with Crippen molar-refractivity contribution in [3.05, 3.63) is 42.0 Å². The van der Waals surface area contributed by atoms with Gasteiger partial charge in [-0.15, -0.1) is 0 Å². The van der Waals surface area contributed by atoms with Crippen molar-refractivity contribution in [1.82, 2.24) is 9.55 Å². The fourth-order valence-electron chi connectivity index (χ4n) is 1.48. The molecular weight excluding hydrogens is 188 g/mol. The first-order chi connectivity index (χ1) is 7.22. The molecular formula is C11H10N4. The van der Waals surface area contributed by atoms with Crippen molar-refractivity contribution in [2.75, 3.05) is 5.73 Å². The zero-order chi connectivity index (χ0) is 10.8. The summed E-state index contributed by atoms with van der Waals surface area (Å²) >= 11 is 0. The molecule has 0 bridgehead atoms. The van der Waals surface area contributed by atoms with E-state index >= 15 is 0 Å². The third-order valence-electron chi connectivity index (χ3n) is 2.24. The second-order valence-electron chi connectivity index (χ2n) is 3.23. The van der Waals surface area contributed by atoms with Crippen molar-refractivity contribution in [2.45, 2.75) is 6.92 Å². The van der Waals surface area contributed by atoms with Gasteiger partial charge >= 0.3 is 0 Å². The average Bonchev–Trinajstić information content (AvgIpc) is 2.64. The monoisotopic (exact) mass is 198 g/mol. The Morgan fingerprint density at radius 2 is 2.27 bits per heavy atom. The fourth-order valence-corrected chi connectivity index (χ4v) is 1.48. The molecule has 0 aliphatic carbocycles. The van der Waals surface area contributed by atoms with Gasteiger partial charge in [-0.3, -0.25) is 0 Å². The molecule has 4 nitrogen and oxygen atoms in total. The number of benzene rings is 1. The van der Waals surface area contributed by atoms with Crippen LogP contribution in [0.1, 0.15) is 11.4 Å². The van der Waals surface area contributed by atoms with Gasteiger partial charge in [0.15, 0.2) is 0 Å². The van der Waals surface area contributed by atoms with Crippen molar-refractivity contribution in [3.63, 3.8) is 0 Å². The minimum Gasteiger partial charge on any atom is -0.397 e. The Labute approximate surface area is 87.6 Å². The summed E-state index contributed by atoms with van der Waals surface area (Å²) in [7, 11) is 0. The zero-order valence-electron chi connectivity index (χ0n) is 8.31. The normalized spacial score (nSPS) is 9.87. The summed E-state index contributed by atoms with van der Waals surface area (Å²) < 4.78 is 1.89. The summed E-state index contributed by atoms with van der Waals surface area (Å²) in [6.07, 6.45) is 3.56. The van der Waals surface area contributed by atoms with Gasteiger partial charge in [0.05, 0.1) is 23.0 Å². The first kappa shape index (κ1) is 9.28. The van der Waals surface area contributed by atoms with Crippen LogP contribution in [0.25, 0.3) is 5.69 Å². The Morgan fingerprint density at radius 1 is 1.47 bits per heavy atom. The van der Waals surface area contributed by atoms with E-state index < -0.39 is 0 Å². The molecule has 0 unspecified atom stereocenters. The van der Waals surface area contributed by atoms with E-state index in [4.69, 9.17) is 11.0 Å². The Balaban J connectivity index is 2.56. The van der Waals surface area contributed by atoms with E-state index in [0.717, 1.165) is 11.5 Å². The molecule has 74 valence electrons. The minimum atomic E-state index is 0.564. The molecule has 0 atom stereocenters. The topological polar surface area (TPSA) is 67.6 Å². The molecule has 0 saturated carbocycles. The molecule has 1 aromatic heterocycles. The summed E-state index contributed by atoms with van der Waals surface area (Å²) in [5.41, 5.74) is 7.85. The van der Waals surface area contributed by atoms with Gasteiger partial charge in [-0.2, -0.15) is 5.26 Å². The quantitative estimate of drug-likeness (QED) is 0.708. The number of hydrogen-bond donors (Lipinski definition) is 1. The molecule has 0 aliphatic heterocycles. The minimum absolute atomic E-state index is 0.564. The van der Waals surface area contributed by atoms with Crippen LogP contribution in [0.15, 0.2) is 30.6 Å². The lowest BCUT2D eigenvalue weighted by atomic mass is 10.2. The predicted octanol–water partition coefficient (Wildman–Crippen LogP) is 1.63. The molecule has 0 fully saturated rings. The highest BCUT2D eigenvalue weighted by atomic mass is 15.1. The number of rotatable bonds is 1. The lowest BCUT2D eigenvalue weighted by Gasteiger charge is -2.08. The number of nitrogens with zero attached hydrogens (tertiary/aromatic N) is 3. The molecule has 1 heterocycles. The lowest BCUT2D eigenvalue weighted by molar-refractivity contribution is 0.977. The fraction of sp³-hybridized carbons (Fsp3) is 0.0909. The highest BCUT2D eigenvalue weighted by molar-refractivity contribution is 5.61. The molecule has 2 N–H and O–H groups in total. The van der Waals surface area contributed by atoms with Gasteiger partial charge in [-0.1, -0.05) is 0 Å². The van der Waals surface area contributed by atoms with Crippen molar-refractivity contribution in [3.8, 4) is 11.8 Å². The molecule has 0 saturated heterocycles. The van der Waals surface area contributed by atoms with E-state index in [2.05, 4.69) is 11.1 Å². The van der Waals surface area contributed by atoms with Gasteiger partial charge in [0.2, 0.25) is 0 Å². The number of hydrogen-bond acceptors (Lipinski definition) is 3. The van der Waals surface area contributed by atoms with Crippen molar-refractivity contribution >= 4 is 5.69 Å². The summed E-state index contributed by atoms with van der Waals surface area (Å²) in [5.74, 6) is 0.867. The van der Waals surface area contributed by atoms with Crippen LogP contribution in [0.4, 0.5) is 5.69 Å². The Bertz CT molecular complexity index is 534. The Kier molecular flexibility index (Phi) is 2.14. The van der Waals surface area contributed by atoms with E-state index in [0.29, 0.717) is 11.3 Å². The second-order valence-corrected chi connectivity index (χ2v) is 3.23. The van der Waals surface area contributed by atoms with Gasteiger partial charge < -0.3 is 10.3 Å². The van der Waals surface area contributed by atoms with E-state index in [1.54, 1.807) is 18.3 Å².